The molecule has 0 atom stereocenters. The lowest BCUT2D eigenvalue weighted by Gasteiger charge is -2.29. The molecule has 0 bridgehead atoms. The number of para-hydroxylation sites is 2. The Hall–Kier alpha value is -2.42. The average Bonchev–Trinajstić information content (AvgIpc) is 2.85. The van der Waals surface area contributed by atoms with Crippen molar-refractivity contribution < 1.29 is 17.9 Å². The SMILES string of the molecule is O=C(NS(=O)(=O)N1CCOCC1)N1c2ccccc2CCc2ccccc21. The molecule has 0 spiro atoms. The molecule has 1 saturated heterocycles. The number of morpholine rings is 1. The number of benzene rings is 2. The second-order valence-electron chi connectivity index (χ2n) is 6.52. The number of hydrogen-bond donors (Lipinski definition) is 1. The van der Waals surface area contributed by atoms with Gasteiger partial charge in [-0.2, -0.15) is 12.7 Å². The van der Waals surface area contributed by atoms with Gasteiger partial charge < -0.3 is 4.74 Å². The van der Waals surface area contributed by atoms with Crippen molar-refractivity contribution in [1.82, 2.24) is 9.03 Å². The molecule has 2 aromatic carbocycles. The van der Waals surface area contributed by atoms with Crippen LogP contribution in [0.1, 0.15) is 11.1 Å². The van der Waals surface area contributed by atoms with Crippen LogP contribution in [-0.4, -0.2) is 45.1 Å². The molecular formula is C19H21N3O4S. The lowest BCUT2D eigenvalue weighted by atomic mass is 10.0. The Balaban J connectivity index is 1.70. The van der Waals surface area contributed by atoms with E-state index in [1.807, 2.05) is 48.5 Å². The molecule has 2 aliphatic rings. The van der Waals surface area contributed by atoms with Crippen LogP contribution in [0.4, 0.5) is 16.2 Å². The maximum Gasteiger partial charge on any atom is 0.341 e. The van der Waals surface area contributed by atoms with Crippen LogP contribution >= 0.6 is 0 Å². The fraction of sp³-hybridized carbons (Fsp3) is 0.316. The average molecular weight is 387 g/mol. The zero-order valence-corrected chi connectivity index (χ0v) is 15.6. The van der Waals surface area contributed by atoms with Crippen LogP contribution in [0.3, 0.4) is 0 Å². The third-order valence-electron chi connectivity index (χ3n) is 4.86. The van der Waals surface area contributed by atoms with E-state index in [4.69, 9.17) is 4.74 Å². The van der Waals surface area contributed by atoms with Gasteiger partial charge in [-0.1, -0.05) is 36.4 Å². The number of ether oxygens (including phenoxy) is 1. The van der Waals surface area contributed by atoms with E-state index < -0.39 is 16.2 Å². The Morgan fingerprint density at radius 1 is 0.889 bits per heavy atom. The van der Waals surface area contributed by atoms with Gasteiger partial charge in [0.25, 0.3) is 0 Å². The predicted molar refractivity (Wildman–Crippen MR) is 102 cm³/mol. The third-order valence-corrected chi connectivity index (χ3v) is 6.34. The Bertz CT molecular complexity index is 907. The Morgan fingerprint density at radius 3 is 1.96 bits per heavy atom. The molecule has 1 fully saturated rings. The van der Waals surface area contributed by atoms with Crippen molar-refractivity contribution in [3.8, 4) is 0 Å². The van der Waals surface area contributed by atoms with Crippen molar-refractivity contribution in [3.05, 3.63) is 59.7 Å². The molecule has 142 valence electrons. The molecule has 0 radical (unpaired) electrons. The molecule has 0 unspecified atom stereocenters. The number of urea groups is 1. The van der Waals surface area contributed by atoms with Crippen molar-refractivity contribution >= 4 is 27.6 Å². The van der Waals surface area contributed by atoms with Gasteiger partial charge in [-0.25, -0.2) is 9.52 Å². The normalized spacial score (nSPS) is 17.6. The molecule has 8 heteroatoms. The molecule has 0 aliphatic carbocycles. The lowest BCUT2D eigenvalue weighted by Crippen LogP contribution is -2.51. The number of nitrogens with one attached hydrogen (secondary N) is 1. The minimum Gasteiger partial charge on any atom is -0.379 e. The van der Waals surface area contributed by atoms with Gasteiger partial charge in [0.15, 0.2) is 0 Å². The van der Waals surface area contributed by atoms with Gasteiger partial charge in [-0.3, -0.25) is 4.90 Å². The van der Waals surface area contributed by atoms with Gasteiger partial charge in [-0.15, -0.1) is 0 Å². The first kappa shape index (κ1) is 18.0. The van der Waals surface area contributed by atoms with E-state index in [1.54, 1.807) is 0 Å². The van der Waals surface area contributed by atoms with E-state index in [2.05, 4.69) is 4.72 Å². The van der Waals surface area contributed by atoms with E-state index in [1.165, 1.54) is 9.21 Å². The number of carbonyl (C=O) groups is 1. The van der Waals surface area contributed by atoms with Crippen LogP contribution in [-0.2, 0) is 27.8 Å². The van der Waals surface area contributed by atoms with Gasteiger partial charge in [0.05, 0.1) is 24.6 Å². The van der Waals surface area contributed by atoms with E-state index in [0.29, 0.717) is 24.6 Å². The van der Waals surface area contributed by atoms with Crippen molar-refractivity contribution in [2.75, 3.05) is 31.2 Å². The van der Waals surface area contributed by atoms with E-state index in [9.17, 15) is 13.2 Å². The van der Waals surface area contributed by atoms with Gasteiger partial charge >= 0.3 is 16.2 Å². The summed E-state index contributed by atoms with van der Waals surface area (Å²) >= 11 is 0. The number of hydrogen-bond acceptors (Lipinski definition) is 4. The fourth-order valence-corrected chi connectivity index (χ4v) is 4.58. The van der Waals surface area contributed by atoms with Crippen LogP contribution in [0.25, 0.3) is 0 Å². The lowest BCUT2D eigenvalue weighted by molar-refractivity contribution is 0.0726. The summed E-state index contributed by atoms with van der Waals surface area (Å²) in [4.78, 5) is 14.6. The first-order valence-electron chi connectivity index (χ1n) is 8.92. The summed E-state index contributed by atoms with van der Waals surface area (Å²) in [5.74, 6) is 0. The maximum absolute atomic E-state index is 13.1. The Labute approximate surface area is 158 Å². The van der Waals surface area contributed by atoms with Crippen LogP contribution in [0.5, 0.6) is 0 Å². The minimum absolute atomic E-state index is 0.232. The highest BCUT2D eigenvalue weighted by molar-refractivity contribution is 7.87. The Kier molecular flexibility index (Phi) is 4.86. The smallest absolute Gasteiger partial charge is 0.341 e. The van der Waals surface area contributed by atoms with E-state index >= 15 is 0 Å². The molecule has 2 aromatic rings. The summed E-state index contributed by atoms with van der Waals surface area (Å²) in [6.07, 6.45) is 1.57. The number of carbonyl (C=O) groups excluding carboxylic acids is 1. The summed E-state index contributed by atoms with van der Waals surface area (Å²) in [6, 6.07) is 14.5. The first-order chi connectivity index (χ1) is 13.1. The number of rotatable bonds is 2. The third kappa shape index (κ3) is 3.55. The molecule has 7 nitrogen and oxygen atoms in total. The molecule has 0 aromatic heterocycles. The summed E-state index contributed by atoms with van der Waals surface area (Å²) in [5, 5.41) is 0. The van der Waals surface area contributed by atoms with Crippen molar-refractivity contribution in [2.45, 2.75) is 12.8 Å². The van der Waals surface area contributed by atoms with Gasteiger partial charge in [-0.05, 0) is 36.1 Å². The van der Waals surface area contributed by atoms with Crippen molar-refractivity contribution in [2.24, 2.45) is 0 Å². The molecular weight excluding hydrogens is 366 g/mol. The highest BCUT2D eigenvalue weighted by Crippen LogP contribution is 2.36. The maximum atomic E-state index is 13.1. The number of aryl methyl sites for hydroxylation is 2. The molecule has 2 aliphatic heterocycles. The largest absolute Gasteiger partial charge is 0.379 e. The first-order valence-corrected chi connectivity index (χ1v) is 10.4. The molecule has 2 heterocycles. The quantitative estimate of drug-likeness (QED) is 0.857. The number of amides is 2. The zero-order chi connectivity index (χ0) is 18.9. The summed E-state index contributed by atoms with van der Waals surface area (Å²) in [5.41, 5.74) is 3.43. The standard InChI is InChI=1S/C19H21N3O4S/c23-19(20-27(24,25)21-11-13-26-14-12-21)22-17-7-3-1-5-15(17)9-10-16-6-2-4-8-18(16)22/h1-8H,9-14H2,(H,20,23). The second kappa shape index (κ2) is 7.30. The van der Waals surface area contributed by atoms with Crippen molar-refractivity contribution in [1.29, 1.82) is 0 Å². The van der Waals surface area contributed by atoms with Gasteiger partial charge in [0.2, 0.25) is 0 Å². The fourth-order valence-electron chi connectivity index (χ4n) is 3.51. The van der Waals surface area contributed by atoms with Crippen LogP contribution in [0.2, 0.25) is 0 Å². The summed E-state index contributed by atoms with van der Waals surface area (Å²) in [7, 11) is -3.94. The van der Waals surface area contributed by atoms with E-state index in [-0.39, 0.29) is 13.1 Å². The topological polar surface area (TPSA) is 79.0 Å². The van der Waals surface area contributed by atoms with E-state index in [0.717, 1.165) is 24.0 Å². The number of fused-ring (bicyclic) bond motifs is 2. The van der Waals surface area contributed by atoms with Crippen LogP contribution in [0, 0.1) is 0 Å². The summed E-state index contributed by atoms with van der Waals surface area (Å²) in [6.45, 7) is 1.11. The summed E-state index contributed by atoms with van der Waals surface area (Å²) < 4.78 is 34.0. The Morgan fingerprint density at radius 2 is 1.41 bits per heavy atom. The monoisotopic (exact) mass is 387 g/mol. The highest BCUT2D eigenvalue weighted by atomic mass is 32.2. The van der Waals surface area contributed by atoms with Crippen LogP contribution < -0.4 is 9.62 Å². The molecule has 2 amide bonds. The van der Waals surface area contributed by atoms with Crippen molar-refractivity contribution in [3.63, 3.8) is 0 Å². The second-order valence-corrected chi connectivity index (χ2v) is 8.19. The number of nitrogens with zero attached hydrogens (tertiary/aromatic N) is 2. The van der Waals surface area contributed by atoms with Gasteiger partial charge in [0, 0.05) is 13.1 Å². The zero-order valence-electron chi connectivity index (χ0n) is 14.8. The predicted octanol–water partition coefficient (Wildman–Crippen LogP) is 2.21. The van der Waals surface area contributed by atoms with Gasteiger partial charge in [0.1, 0.15) is 0 Å². The number of anilines is 2. The minimum atomic E-state index is -3.94. The molecule has 1 N–H and O–H groups in total. The molecule has 27 heavy (non-hydrogen) atoms. The van der Waals surface area contributed by atoms with Crippen LogP contribution in [0.15, 0.2) is 48.5 Å². The molecule has 0 saturated carbocycles. The highest BCUT2D eigenvalue weighted by Gasteiger charge is 2.31. The molecule has 4 rings (SSSR count).